The average Bonchev–Trinajstić information content (AvgIpc) is 2.56. The van der Waals surface area contributed by atoms with Crippen molar-refractivity contribution in [3.63, 3.8) is 0 Å². The lowest BCUT2D eigenvalue weighted by Crippen LogP contribution is -2.04. The summed E-state index contributed by atoms with van der Waals surface area (Å²) in [5, 5.41) is 3.48. The third kappa shape index (κ3) is 4.31. The van der Waals surface area contributed by atoms with Crippen LogP contribution in [0, 0.1) is 13.8 Å². The molecule has 0 aliphatic heterocycles. The van der Waals surface area contributed by atoms with E-state index in [4.69, 9.17) is 9.47 Å². The predicted octanol–water partition coefficient (Wildman–Crippen LogP) is 5.05. The summed E-state index contributed by atoms with van der Waals surface area (Å²) < 4.78 is 11.3. The first-order valence-electron chi connectivity index (χ1n) is 8.33. The first-order chi connectivity index (χ1) is 11.6. The van der Waals surface area contributed by atoms with Crippen molar-refractivity contribution in [2.75, 3.05) is 19.0 Å². The SMILES string of the molecule is C=CCc1cc(CNc2ccc(C)c(C)c2)cc(OCC)c1OC. The van der Waals surface area contributed by atoms with Crippen LogP contribution >= 0.6 is 0 Å². The minimum atomic E-state index is 0.609. The maximum Gasteiger partial charge on any atom is 0.164 e. The summed E-state index contributed by atoms with van der Waals surface area (Å²) in [6.45, 7) is 11.4. The molecule has 0 aromatic heterocycles. The van der Waals surface area contributed by atoms with Crippen molar-refractivity contribution in [1.82, 2.24) is 0 Å². The largest absolute Gasteiger partial charge is 0.493 e. The summed E-state index contributed by atoms with van der Waals surface area (Å²) in [5.41, 5.74) is 5.97. The summed E-state index contributed by atoms with van der Waals surface area (Å²) in [7, 11) is 1.68. The highest BCUT2D eigenvalue weighted by atomic mass is 16.5. The van der Waals surface area contributed by atoms with Crippen molar-refractivity contribution in [1.29, 1.82) is 0 Å². The van der Waals surface area contributed by atoms with E-state index in [0.29, 0.717) is 6.61 Å². The number of hydrogen-bond acceptors (Lipinski definition) is 3. The summed E-state index contributed by atoms with van der Waals surface area (Å²) in [4.78, 5) is 0. The molecule has 2 rings (SSSR count). The molecule has 0 fully saturated rings. The quantitative estimate of drug-likeness (QED) is 0.689. The number of rotatable bonds is 8. The van der Waals surface area contributed by atoms with Crippen LogP contribution in [-0.2, 0) is 13.0 Å². The maximum atomic E-state index is 5.76. The van der Waals surface area contributed by atoms with Gasteiger partial charge in [-0.25, -0.2) is 0 Å². The van der Waals surface area contributed by atoms with E-state index in [1.165, 1.54) is 11.1 Å². The molecule has 1 N–H and O–H groups in total. The number of allylic oxidation sites excluding steroid dienone is 1. The van der Waals surface area contributed by atoms with Crippen LogP contribution in [0.15, 0.2) is 43.0 Å². The van der Waals surface area contributed by atoms with Gasteiger partial charge in [-0.15, -0.1) is 6.58 Å². The fourth-order valence-corrected chi connectivity index (χ4v) is 2.68. The third-order valence-corrected chi connectivity index (χ3v) is 4.06. The molecule has 2 aromatic rings. The molecule has 0 spiro atoms. The van der Waals surface area contributed by atoms with Crippen molar-refractivity contribution < 1.29 is 9.47 Å². The molecule has 0 radical (unpaired) electrons. The molecule has 0 bridgehead atoms. The van der Waals surface area contributed by atoms with Gasteiger partial charge in [0.1, 0.15) is 0 Å². The van der Waals surface area contributed by atoms with Crippen LogP contribution in [0.4, 0.5) is 5.69 Å². The number of anilines is 1. The fourth-order valence-electron chi connectivity index (χ4n) is 2.68. The van der Waals surface area contributed by atoms with E-state index in [1.807, 2.05) is 19.1 Å². The van der Waals surface area contributed by atoms with Crippen LogP contribution < -0.4 is 14.8 Å². The predicted molar refractivity (Wildman–Crippen MR) is 101 cm³/mol. The normalized spacial score (nSPS) is 10.3. The van der Waals surface area contributed by atoms with Crippen LogP contribution in [0.2, 0.25) is 0 Å². The second-order valence-electron chi connectivity index (χ2n) is 5.86. The van der Waals surface area contributed by atoms with Crippen molar-refractivity contribution in [2.45, 2.75) is 33.7 Å². The highest BCUT2D eigenvalue weighted by Gasteiger charge is 2.12. The topological polar surface area (TPSA) is 30.5 Å². The molecule has 0 saturated carbocycles. The molecule has 0 saturated heterocycles. The van der Waals surface area contributed by atoms with Gasteiger partial charge in [-0.3, -0.25) is 0 Å². The molecule has 0 atom stereocenters. The summed E-state index contributed by atoms with van der Waals surface area (Å²) in [5.74, 6) is 1.59. The van der Waals surface area contributed by atoms with E-state index in [1.54, 1.807) is 7.11 Å². The molecule has 24 heavy (non-hydrogen) atoms. The van der Waals surface area contributed by atoms with Gasteiger partial charge in [0.05, 0.1) is 13.7 Å². The molecular weight excluding hydrogens is 298 g/mol. The highest BCUT2D eigenvalue weighted by Crippen LogP contribution is 2.33. The van der Waals surface area contributed by atoms with Gasteiger partial charge in [-0.05, 0) is 68.1 Å². The van der Waals surface area contributed by atoms with Crippen molar-refractivity contribution in [3.8, 4) is 11.5 Å². The van der Waals surface area contributed by atoms with E-state index in [-0.39, 0.29) is 0 Å². The maximum absolute atomic E-state index is 5.76. The van der Waals surface area contributed by atoms with E-state index >= 15 is 0 Å². The Kier molecular flexibility index (Phi) is 6.30. The zero-order valence-electron chi connectivity index (χ0n) is 15.1. The molecule has 128 valence electrons. The summed E-state index contributed by atoms with van der Waals surface area (Å²) in [6, 6.07) is 10.6. The Balaban J connectivity index is 2.25. The van der Waals surface area contributed by atoms with Crippen LogP contribution in [0.1, 0.15) is 29.2 Å². The lowest BCUT2D eigenvalue weighted by atomic mass is 10.0. The average molecular weight is 325 g/mol. The molecule has 0 unspecified atom stereocenters. The van der Waals surface area contributed by atoms with Gasteiger partial charge in [-0.2, -0.15) is 0 Å². The second kappa shape index (κ2) is 8.44. The highest BCUT2D eigenvalue weighted by molar-refractivity contribution is 5.52. The number of nitrogens with one attached hydrogen (secondary N) is 1. The number of hydrogen-bond donors (Lipinski definition) is 1. The lowest BCUT2D eigenvalue weighted by molar-refractivity contribution is 0.309. The molecule has 0 amide bonds. The second-order valence-corrected chi connectivity index (χ2v) is 5.86. The lowest BCUT2D eigenvalue weighted by Gasteiger charge is -2.16. The molecule has 3 heteroatoms. The van der Waals surface area contributed by atoms with Gasteiger partial charge in [0, 0.05) is 17.8 Å². The Labute approximate surface area is 145 Å². The standard InChI is InChI=1S/C21H27NO2/c1-6-8-18-12-17(13-20(24-7-2)21(18)23-5)14-22-19-10-9-15(3)16(4)11-19/h6,9-13,22H,1,7-8,14H2,2-5H3. The van der Waals surface area contributed by atoms with Gasteiger partial charge in [-0.1, -0.05) is 12.1 Å². The summed E-state index contributed by atoms with van der Waals surface area (Å²) in [6.07, 6.45) is 2.63. The van der Waals surface area contributed by atoms with Gasteiger partial charge in [0.15, 0.2) is 11.5 Å². The van der Waals surface area contributed by atoms with Gasteiger partial charge in [0.2, 0.25) is 0 Å². The minimum Gasteiger partial charge on any atom is -0.493 e. The molecule has 3 nitrogen and oxygen atoms in total. The Morgan fingerprint density at radius 3 is 2.54 bits per heavy atom. The van der Waals surface area contributed by atoms with Crippen LogP contribution in [0.3, 0.4) is 0 Å². The molecular formula is C21H27NO2. The molecule has 0 aliphatic rings. The first-order valence-corrected chi connectivity index (χ1v) is 8.33. The number of ether oxygens (including phenoxy) is 2. The first kappa shape index (κ1) is 17.9. The minimum absolute atomic E-state index is 0.609. The van der Waals surface area contributed by atoms with Crippen molar-refractivity contribution in [2.24, 2.45) is 0 Å². The molecule has 2 aromatic carbocycles. The van der Waals surface area contributed by atoms with Crippen LogP contribution in [0.25, 0.3) is 0 Å². The Morgan fingerprint density at radius 2 is 1.92 bits per heavy atom. The van der Waals surface area contributed by atoms with Gasteiger partial charge in [0.25, 0.3) is 0 Å². The number of benzene rings is 2. The van der Waals surface area contributed by atoms with E-state index in [9.17, 15) is 0 Å². The smallest absolute Gasteiger partial charge is 0.164 e. The Bertz CT molecular complexity index is 707. The van der Waals surface area contributed by atoms with Crippen LogP contribution in [0.5, 0.6) is 11.5 Å². The van der Waals surface area contributed by atoms with Gasteiger partial charge >= 0.3 is 0 Å². The van der Waals surface area contributed by atoms with Gasteiger partial charge < -0.3 is 14.8 Å². The van der Waals surface area contributed by atoms with Crippen LogP contribution in [-0.4, -0.2) is 13.7 Å². The number of aryl methyl sites for hydroxylation is 2. The zero-order valence-corrected chi connectivity index (χ0v) is 15.1. The van der Waals surface area contributed by atoms with Crippen molar-refractivity contribution >= 4 is 5.69 Å². The Morgan fingerprint density at radius 1 is 1.12 bits per heavy atom. The fraction of sp³-hybridized carbons (Fsp3) is 0.333. The summed E-state index contributed by atoms with van der Waals surface area (Å²) >= 11 is 0. The molecule has 0 heterocycles. The van der Waals surface area contributed by atoms with E-state index < -0.39 is 0 Å². The van der Waals surface area contributed by atoms with E-state index in [0.717, 1.165) is 41.3 Å². The van der Waals surface area contributed by atoms with Crippen molar-refractivity contribution in [3.05, 3.63) is 65.2 Å². The molecule has 0 aliphatic carbocycles. The monoisotopic (exact) mass is 325 g/mol. The Hall–Kier alpha value is -2.42. The van der Waals surface area contributed by atoms with E-state index in [2.05, 4.69) is 50.0 Å². The number of methoxy groups -OCH3 is 1. The zero-order chi connectivity index (χ0) is 17.5. The third-order valence-electron chi connectivity index (χ3n) is 4.06.